The molecule has 122 valence electrons. The maximum atomic E-state index is 12.8. The van der Waals surface area contributed by atoms with E-state index in [1.54, 1.807) is 12.1 Å². The van der Waals surface area contributed by atoms with Crippen LogP contribution in [0.15, 0.2) is 41.1 Å². The van der Waals surface area contributed by atoms with Gasteiger partial charge in [-0.05, 0) is 24.3 Å². The first-order valence-corrected chi connectivity index (χ1v) is 7.17. The summed E-state index contributed by atoms with van der Waals surface area (Å²) in [6, 6.07) is 6.65. The molecule has 9 heteroatoms. The zero-order valence-electron chi connectivity index (χ0n) is 11.6. The van der Waals surface area contributed by atoms with Crippen molar-refractivity contribution in [1.29, 1.82) is 5.26 Å². The molecule has 0 fully saturated rings. The van der Waals surface area contributed by atoms with E-state index in [9.17, 15) is 18.4 Å². The van der Waals surface area contributed by atoms with Crippen LogP contribution in [0.2, 0.25) is 10.0 Å². The van der Waals surface area contributed by atoms with Crippen LogP contribution in [-0.2, 0) is 6.18 Å². The zero-order chi connectivity index (χ0) is 17.5. The van der Waals surface area contributed by atoms with Crippen LogP contribution in [0, 0.1) is 11.3 Å². The summed E-state index contributed by atoms with van der Waals surface area (Å²) in [6.07, 6.45) is -1.74. The van der Waals surface area contributed by atoms with Crippen molar-refractivity contribution in [2.75, 3.05) is 0 Å². The van der Waals surface area contributed by atoms with Gasteiger partial charge in [0.25, 0.3) is 0 Å². The van der Waals surface area contributed by atoms with E-state index in [4.69, 9.17) is 27.6 Å². The van der Waals surface area contributed by atoms with Gasteiger partial charge in [0.05, 0.1) is 27.4 Å². The van der Waals surface area contributed by atoms with Crippen molar-refractivity contribution in [3.63, 3.8) is 0 Å². The number of alkyl halides is 3. The molecule has 0 aliphatic carbocycles. The number of rotatable bonds is 2. The van der Waals surface area contributed by atoms with Crippen LogP contribution in [0.4, 0.5) is 13.2 Å². The summed E-state index contributed by atoms with van der Waals surface area (Å²) >= 11 is 11.9. The highest BCUT2D eigenvalue weighted by molar-refractivity contribution is 6.37. The minimum absolute atomic E-state index is 0.0250. The fraction of sp³-hybridized carbons (Fsp3) is 0.0667. The first-order chi connectivity index (χ1) is 11.3. The lowest BCUT2D eigenvalue weighted by molar-refractivity contribution is -0.137. The molecule has 0 atom stereocenters. The van der Waals surface area contributed by atoms with Crippen molar-refractivity contribution in [3.8, 4) is 23.1 Å². The topological polar surface area (TPSA) is 54.8 Å². The number of halogens is 5. The quantitative estimate of drug-likeness (QED) is 0.611. The van der Waals surface area contributed by atoms with Crippen LogP contribution in [0.5, 0.6) is 0 Å². The van der Waals surface area contributed by atoms with E-state index in [1.165, 1.54) is 12.5 Å². The second kappa shape index (κ2) is 5.89. The van der Waals surface area contributed by atoms with Crippen molar-refractivity contribution < 1.29 is 17.6 Å². The van der Waals surface area contributed by atoms with E-state index in [2.05, 4.69) is 5.10 Å². The zero-order valence-corrected chi connectivity index (χ0v) is 13.1. The summed E-state index contributed by atoms with van der Waals surface area (Å²) in [5.74, 6) is 0.386. The Hall–Kier alpha value is -2.43. The van der Waals surface area contributed by atoms with E-state index < -0.39 is 11.7 Å². The van der Waals surface area contributed by atoms with Crippen LogP contribution in [0.25, 0.3) is 17.0 Å². The predicted octanol–water partition coefficient (Wildman–Crippen LogP) is 5.33. The Bertz CT molecular complexity index is 917. The highest BCUT2D eigenvalue weighted by atomic mass is 35.5. The van der Waals surface area contributed by atoms with Gasteiger partial charge < -0.3 is 4.42 Å². The summed E-state index contributed by atoms with van der Waals surface area (Å²) in [6.45, 7) is 0. The van der Waals surface area contributed by atoms with E-state index in [-0.39, 0.29) is 21.4 Å². The molecule has 4 nitrogen and oxygen atoms in total. The number of nitrogens with zero attached hydrogens (tertiary/aromatic N) is 3. The van der Waals surface area contributed by atoms with E-state index in [1.807, 2.05) is 6.07 Å². The molecule has 0 bridgehead atoms. The highest BCUT2D eigenvalue weighted by Gasteiger charge is 2.32. The second-order valence-corrected chi connectivity index (χ2v) is 5.53. The van der Waals surface area contributed by atoms with Gasteiger partial charge in [-0.3, -0.25) is 0 Å². The van der Waals surface area contributed by atoms with Crippen LogP contribution >= 0.6 is 23.2 Å². The van der Waals surface area contributed by atoms with Gasteiger partial charge in [0.2, 0.25) is 0 Å². The van der Waals surface area contributed by atoms with Gasteiger partial charge in [0.1, 0.15) is 17.5 Å². The third kappa shape index (κ3) is 2.86. The molecule has 0 aliphatic rings. The Kier molecular flexibility index (Phi) is 4.03. The number of hydrogen-bond acceptors (Lipinski definition) is 3. The highest BCUT2D eigenvalue weighted by Crippen LogP contribution is 2.38. The SMILES string of the molecule is N#Cc1nn(-c2c(Cl)cc(C(F)(F)F)cc2Cl)cc1-c1ccco1. The number of furan rings is 1. The molecule has 2 heterocycles. The van der Waals surface area contributed by atoms with Crippen molar-refractivity contribution >= 4 is 23.2 Å². The second-order valence-electron chi connectivity index (χ2n) is 4.71. The normalized spacial score (nSPS) is 11.5. The Morgan fingerprint density at radius 3 is 2.38 bits per heavy atom. The maximum Gasteiger partial charge on any atom is 0.416 e. The molecule has 0 saturated carbocycles. The van der Waals surface area contributed by atoms with Crippen molar-refractivity contribution in [2.45, 2.75) is 6.18 Å². The Morgan fingerprint density at radius 2 is 1.88 bits per heavy atom. The molecule has 3 rings (SSSR count). The molecule has 1 aromatic carbocycles. The molecule has 0 amide bonds. The largest absolute Gasteiger partial charge is 0.464 e. The first-order valence-electron chi connectivity index (χ1n) is 6.41. The molecule has 0 N–H and O–H groups in total. The number of hydrogen-bond donors (Lipinski definition) is 0. The van der Waals surface area contributed by atoms with Gasteiger partial charge in [-0.25, -0.2) is 4.68 Å². The summed E-state index contributed by atoms with van der Waals surface area (Å²) in [5, 5.41) is 12.7. The van der Waals surface area contributed by atoms with Gasteiger partial charge in [-0.15, -0.1) is 0 Å². The summed E-state index contributed by atoms with van der Waals surface area (Å²) < 4.78 is 44.8. The third-order valence-electron chi connectivity index (χ3n) is 3.18. The number of benzene rings is 1. The molecule has 0 spiro atoms. The minimum Gasteiger partial charge on any atom is -0.464 e. The Labute approximate surface area is 143 Å². The molecular formula is C15H6Cl2F3N3O. The lowest BCUT2D eigenvalue weighted by atomic mass is 10.2. The fourth-order valence-electron chi connectivity index (χ4n) is 2.13. The Morgan fingerprint density at radius 1 is 1.21 bits per heavy atom. The van der Waals surface area contributed by atoms with E-state index in [0.29, 0.717) is 11.3 Å². The van der Waals surface area contributed by atoms with E-state index >= 15 is 0 Å². The molecule has 3 aromatic rings. The van der Waals surface area contributed by atoms with Gasteiger partial charge in [-0.2, -0.15) is 23.5 Å². The average molecular weight is 372 g/mol. The molecule has 0 unspecified atom stereocenters. The fourth-order valence-corrected chi connectivity index (χ4v) is 2.79. The van der Waals surface area contributed by atoms with Gasteiger partial charge in [-0.1, -0.05) is 23.2 Å². The van der Waals surface area contributed by atoms with Crippen LogP contribution in [-0.4, -0.2) is 9.78 Å². The molecule has 2 aromatic heterocycles. The third-order valence-corrected chi connectivity index (χ3v) is 3.76. The number of aromatic nitrogens is 2. The van der Waals surface area contributed by atoms with Crippen molar-refractivity contribution in [1.82, 2.24) is 9.78 Å². The Balaban J connectivity index is 2.16. The first kappa shape index (κ1) is 16.4. The molecule has 0 radical (unpaired) electrons. The minimum atomic E-state index is -4.58. The van der Waals surface area contributed by atoms with Gasteiger partial charge in [0.15, 0.2) is 5.69 Å². The lowest BCUT2D eigenvalue weighted by Gasteiger charge is -2.12. The number of nitriles is 1. The standard InChI is InChI=1S/C15H6Cl2F3N3O/c16-10-4-8(15(18,19)20)5-11(17)14(10)23-7-9(12(6-21)22-23)13-2-1-3-24-13/h1-5,7H. The van der Waals surface area contributed by atoms with Crippen LogP contribution in [0.3, 0.4) is 0 Å². The predicted molar refractivity (Wildman–Crippen MR) is 81.0 cm³/mol. The summed E-state index contributed by atoms with van der Waals surface area (Å²) in [4.78, 5) is 0. The van der Waals surface area contributed by atoms with E-state index in [0.717, 1.165) is 16.8 Å². The summed E-state index contributed by atoms with van der Waals surface area (Å²) in [7, 11) is 0. The molecule has 0 saturated heterocycles. The molecule has 0 aliphatic heterocycles. The monoisotopic (exact) mass is 371 g/mol. The smallest absolute Gasteiger partial charge is 0.416 e. The van der Waals surface area contributed by atoms with Crippen LogP contribution < -0.4 is 0 Å². The summed E-state index contributed by atoms with van der Waals surface area (Å²) in [5.41, 5.74) is -0.535. The van der Waals surface area contributed by atoms with Crippen LogP contribution in [0.1, 0.15) is 11.3 Å². The van der Waals surface area contributed by atoms with Gasteiger partial charge >= 0.3 is 6.18 Å². The maximum absolute atomic E-state index is 12.8. The molecule has 24 heavy (non-hydrogen) atoms. The lowest BCUT2D eigenvalue weighted by Crippen LogP contribution is -2.07. The average Bonchev–Trinajstić information content (AvgIpc) is 3.14. The molecular weight excluding hydrogens is 366 g/mol. The van der Waals surface area contributed by atoms with Crippen molar-refractivity contribution in [3.05, 3.63) is 58.0 Å². The van der Waals surface area contributed by atoms with Crippen molar-refractivity contribution in [2.24, 2.45) is 0 Å². The van der Waals surface area contributed by atoms with Gasteiger partial charge in [0, 0.05) is 6.20 Å².